The molecule has 5 nitrogen and oxygen atoms in total. The molecule has 144 valence electrons. The molecule has 2 aromatic rings. The molecule has 0 amide bonds. The van der Waals surface area contributed by atoms with Gasteiger partial charge < -0.3 is 14.7 Å². The molecular formula is C21H25ClN2O3. The molecule has 3 rings (SSSR count). The number of aliphatic hydroxyl groups is 1. The Hall–Kier alpha value is -2.08. The molecular weight excluding hydrogens is 364 g/mol. The maximum absolute atomic E-state index is 11.3. The highest BCUT2D eigenvalue weighted by Gasteiger charge is 2.20. The molecule has 0 bridgehead atoms. The molecule has 1 unspecified atom stereocenters. The van der Waals surface area contributed by atoms with Gasteiger partial charge >= 0.3 is 0 Å². The number of β-amino-alcohol motifs (C(OH)–C–C–N with tert-alkyl or cyclic N) is 1. The van der Waals surface area contributed by atoms with Crippen LogP contribution in [0.25, 0.3) is 0 Å². The third kappa shape index (κ3) is 5.70. The number of piperazine rings is 1. The van der Waals surface area contributed by atoms with E-state index in [-0.39, 0.29) is 12.4 Å². The average molecular weight is 389 g/mol. The summed E-state index contributed by atoms with van der Waals surface area (Å²) in [5, 5.41) is 11.0. The molecule has 1 atom stereocenters. The van der Waals surface area contributed by atoms with Crippen molar-refractivity contribution in [1.82, 2.24) is 4.90 Å². The summed E-state index contributed by atoms with van der Waals surface area (Å²) in [6.07, 6.45) is -0.560. The van der Waals surface area contributed by atoms with Crippen molar-refractivity contribution in [3.05, 3.63) is 59.1 Å². The fourth-order valence-corrected chi connectivity index (χ4v) is 3.38. The lowest BCUT2D eigenvalue weighted by molar-refractivity contribution is 0.0663. The van der Waals surface area contributed by atoms with E-state index in [0.717, 1.165) is 36.9 Å². The van der Waals surface area contributed by atoms with Crippen molar-refractivity contribution in [2.75, 3.05) is 44.2 Å². The van der Waals surface area contributed by atoms with Gasteiger partial charge in [0.1, 0.15) is 18.5 Å². The SMILES string of the molecule is CC(=O)c1ccc(OCC(O)CN2CCN(c3cccc(Cl)c3)CC2)cc1. The van der Waals surface area contributed by atoms with Crippen molar-refractivity contribution in [2.24, 2.45) is 0 Å². The van der Waals surface area contributed by atoms with E-state index in [1.165, 1.54) is 6.92 Å². The highest BCUT2D eigenvalue weighted by atomic mass is 35.5. The predicted octanol–water partition coefficient (Wildman–Crippen LogP) is 3.10. The normalized spacial score (nSPS) is 16.2. The van der Waals surface area contributed by atoms with Gasteiger partial charge in [-0.1, -0.05) is 17.7 Å². The number of carbonyl (C=O) groups is 1. The molecule has 0 aliphatic carbocycles. The molecule has 1 aliphatic heterocycles. The number of hydrogen-bond donors (Lipinski definition) is 1. The number of ketones is 1. The number of benzene rings is 2. The zero-order valence-electron chi connectivity index (χ0n) is 15.5. The summed E-state index contributed by atoms with van der Waals surface area (Å²) in [7, 11) is 0. The Kier molecular flexibility index (Phi) is 6.72. The van der Waals surface area contributed by atoms with Gasteiger partial charge in [0.2, 0.25) is 0 Å². The summed E-state index contributed by atoms with van der Waals surface area (Å²) in [5.41, 5.74) is 1.79. The second-order valence-electron chi connectivity index (χ2n) is 6.81. The van der Waals surface area contributed by atoms with Crippen LogP contribution in [0.1, 0.15) is 17.3 Å². The van der Waals surface area contributed by atoms with Crippen LogP contribution in [-0.4, -0.2) is 61.2 Å². The summed E-state index contributed by atoms with van der Waals surface area (Å²) in [6, 6.07) is 14.9. The van der Waals surface area contributed by atoms with Crippen LogP contribution in [0.15, 0.2) is 48.5 Å². The lowest BCUT2D eigenvalue weighted by Crippen LogP contribution is -2.49. The zero-order chi connectivity index (χ0) is 19.2. The average Bonchev–Trinajstić information content (AvgIpc) is 2.67. The third-order valence-corrected chi connectivity index (χ3v) is 4.95. The molecule has 0 saturated carbocycles. The van der Waals surface area contributed by atoms with Gasteiger partial charge in [0.05, 0.1) is 0 Å². The van der Waals surface area contributed by atoms with E-state index in [9.17, 15) is 9.90 Å². The third-order valence-electron chi connectivity index (χ3n) is 4.72. The molecule has 1 fully saturated rings. The fraction of sp³-hybridized carbons (Fsp3) is 0.381. The monoisotopic (exact) mass is 388 g/mol. The Bertz CT molecular complexity index is 758. The van der Waals surface area contributed by atoms with E-state index in [1.54, 1.807) is 24.3 Å². The molecule has 1 N–H and O–H groups in total. The van der Waals surface area contributed by atoms with Gasteiger partial charge in [0.15, 0.2) is 5.78 Å². The van der Waals surface area contributed by atoms with Gasteiger partial charge in [-0.05, 0) is 49.4 Å². The number of aliphatic hydroxyl groups excluding tert-OH is 1. The second kappa shape index (κ2) is 9.22. The predicted molar refractivity (Wildman–Crippen MR) is 108 cm³/mol. The van der Waals surface area contributed by atoms with Crippen LogP contribution < -0.4 is 9.64 Å². The van der Waals surface area contributed by atoms with Crippen LogP contribution in [-0.2, 0) is 0 Å². The van der Waals surface area contributed by atoms with E-state index >= 15 is 0 Å². The minimum atomic E-state index is -0.560. The first-order valence-corrected chi connectivity index (χ1v) is 9.54. The molecule has 0 radical (unpaired) electrons. The smallest absolute Gasteiger partial charge is 0.159 e. The van der Waals surface area contributed by atoms with Crippen LogP contribution in [0.4, 0.5) is 5.69 Å². The highest BCUT2D eigenvalue weighted by molar-refractivity contribution is 6.30. The fourth-order valence-electron chi connectivity index (χ4n) is 3.19. The quantitative estimate of drug-likeness (QED) is 0.738. The number of anilines is 1. The van der Waals surface area contributed by atoms with E-state index < -0.39 is 6.10 Å². The van der Waals surface area contributed by atoms with Crippen molar-refractivity contribution in [1.29, 1.82) is 0 Å². The van der Waals surface area contributed by atoms with Crippen molar-refractivity contribution in [3.63, 3.8) is 0 Å². The van der Waals surface area contributed by atoms with Crippen molar-refractivity contribution < 1.29 is 14.6 Å². The molecule has 2 aromatic carbocycles. The maximum Gasteiger partial charge on any atom is 0.159 e. The summed E-state index contributed by atoms with van der Waals surface area (Å²) in [6.45, 7) is 5.92. The van der Waals surface area contributed by atoms with Gasteiger partial charge in [-0.2, -0.15) is 0 Å². The Morgan fingerprint density at radius 2 is 1.85 bits per heavy atom. The molecule has 1 heterocycles. The van der Waals surface area contributed by atoms with Gasteiger partial charge in [-0.3, -0.25) is 9.69 Å². The van der Waals surface area contributed by atoms with Crippen molar-refractivity contribution in [2.45, 2.75) is 13.0 Å². The molecule has 1 aliphatic rings. The first-order chi connectivity index (χ1) is 13.0. The summed E-state index contributed by atoms with van der Waals surface area (Å²) in [5.74, 6) is 0.684. The number of carbonyl (C=O) groups excluding carboxylic acids is 1. The topological polar surface area (TPSA) is 53.0 Å². The van der Waals surface area contributed by atoms with Gasteiger partial charge in [0.25, 0.3) is 0 Å². The number of halogens is 1. The first-order valence-electron chi connectivity index (χ1n) is 9.16. The van der Waals surface area contributed by atoms with E-state index in [0.29, 0.717) is 17.9 Å². The molecule has 6 heteroatoms. The van der Waals surface area contributed by atoms with Gasteiger partial charge in [0, 0.05) is 49.0 Å². The summed E-state index contributed by atoms with van der Waals surface area (Å²) in [4.78, 5) is 15.8. The molecule has 0 aromatic heterocycles. The van der Waals surface area contributed by atoms with Crippen molar-refractivity contribution in [3.8, 4) is 5.75 Å². The lowest BCUT2D eigenvalue weighted by Gasteiger charge is -2.36. The van der Waals surface area contributed by atoms with E-state index in [1.807, 2.05) is 18.2 Å². The standard InChI is InChI=1S/C21H25ClN2O3/c1-16(25)17-5-7-21(8-6-17)27-15-20(26)14-23-9-11-24(12-10-23)19-4-2-3-18(22)13-19/h2-8,13,20,26H,9-12,14-15H2,1H3. The second-order valence-corrected chi connectivity index (χ2v) is 7.25. The van der Waals surface area contributed by atoms with Crippen LogP contribution in [0.3, 0.4) is 0 Å². The largest absolute Gasteiger partial charge is 0.491 e. The number of ether oxygens (including phenoxy) is 1. The van der Waals surface area contributed by atoms with E-state index in [2.05, 4.69) is 15.9 Å². The van der Waals surface area contributed by atoms with Gasteiger partial charge in [-0.25, -0.2) is 0 Å². The number of hydrogen-bond acceptors (Lipinski definition) is 5. The summed E-state index contributed by atoms with van der Waals surface area (Å²) >= 11 is 6.07. The molecule has 27 heavy (non-hydrogen) atoms. The Morgan fingerprint density at radius 1 is 1.15 bits per heavy atom. The van der Waals surface area contributed by atoms with Crippen molar-refractivity contribution >= 4 is 23.1 Å². The summed E-state index contributed by atoms with van der Waals surface area (Å²) < 4.78 is 5.63. The molecule has 0 spiro atoms. The Morgan fingerprint density at radius 3 is 2.48 bits per heavy atom. The minimum absolute atomic E-state index is 0.0264. The lowest BCUT2D eigenvalue weighted by atomic mass is 10.1. The van der Waals surface area contributed by atoms with E-state index in [4.69, 9.17) is 16.3 Å². The Labute approximate surface area is 165 Å². The minimum Gasteiger partial charge on any atom is -0.491 e. The van der Waals surface area contributed by atoms with Crippen LogP contribution in [0.2, 0.25) is 5.02 Å². The zero-order valence-corrected chi connectivity index (χ0v) is 16.2. The van der Waals surface area contributed by atoms with Crippen LogP contribution >= 0.6 is 11.6 Å². The van der Waals surface area contributed by atoms with Crippen LogP contribution in [0.5, 0.6) is 5.75 Å². The Balaban J connectivity index is 1.41. The number of nitrogens with zero attached hydrogens (tertiary/aromatic N) is 2. The highest BCUT2D eigenvalue weighted by Crippen LogP contribution is 2.21. The van der Waals surface area contributed by atoms with Gasteiger partial charge in [-0.15, -0.1) is 0 Å². The first kappa shape index (κ1) is 19.7. The van der Waals surface area contributed by atoms with Crippen LogP contribution in [0, 0.1) is 0 Å². The number of Topliss-reactive ketones (excluding diaryl/α,β-unsaturated/α-hetero) is 1. The molecule has 1 saturated heterocycles. The number of rotatable bonds is 7. The maximum atomic E-state index is 11.3.